The van der Waals surface area contributed by atoms with E-state index in [1.165, 1.54) is 33.6 Å². The van der Waals surface area contributed by atoms with Crippen LogP contribution in [0.4, 0.5) is 0 Å². The Labute approximate surface area is 206 Å². The summed E-state index contributed by atoms with van der Waals surface area (Å²) in [5.74, 6) is 0.400. The van der Waals surface area contributed by atoms with Crippen LogP contribution in [-0.2, 0) is 18.7 Å². The molecule has 0 saturated carbocycles. The number of hydrogen-bond acceptors (Lipinski definition) is 6. The Morgan fingerprint density at radius 2 is 1.76 bits per heavy atom. The molecule has 0 bridgehead atoms. The maximum Gasteiger partial charge on any atom is 0.272 e. The zero-order valence-electron chi connectivity index (χ0n) is 17.1. The average Bonchev–Trinajstić information content (AvgIpc) is 3.28. The maximum atomic E-state index is 13.2. The van der Waals surface area contributed by atoms with Crippen LogP contribution in [0.2, 0.25) is 10.0 Å². The van der Waals surface area contributed by atoms with E-state index in [-0.39, 0.29) is 11.1 Å². The minimum atomic E-state index is -0.209. The molecule has 1 aromatic carbocycles. The Balaban J connectivity index is 1.45. The number of halogens is 2. The summed E-state index contributed by atoms with van der Waals surface area (Å²) >= 11 is 14.7. The fourth-order valence-electron chi connectivity index (χ4n) is 3.46. The van der Waals surface area contributed by atoms with Gasteiger partial charge in [-0.15, -0.1) is 11.3 Å². The van der Waals surface area contributed by atoms with E-state index in [9.17, 15) is 9.59 Å². The van der Waals surface area contributed by atoms with Crippen molar-refractivity contribution in [2.45, 2.75) is 23.9 Å². The predicted octanol–water partition coefficient (Wildman–Crippen LogP) is 5.31. The van der Waals surface area contributed by atoms with Crippen LogP contribution in [0, 0.1) is 0 Å². The van der Waals surface area contributed by atoms with Crippen molar-refractivity contribution in [3.05, 3.63) is 102 Å². The second-order valence-electron chi connectivity index (χ2n) is 7.31. The summed E-state index contributed by atoms with van der Waals surface area (Å²) in [5.41, 5.74) is 2.61. The highest BCUT2D eigenvalue weighted by molar-refractivity contribution is 7.98. The average molecular weight is 515 g/mol. The zero-order valence-corrected chi connectivity index (χ0v) is 20.2. The molecule has 4 aromatic heterocycles. The molecule has 0 unspecified atom stereocenters. The molecule has 0 saturated heterocycles. The molecule has 0 aliphatic carbocycles. The van der Waals surface area contributed by atoms with Gasteiger partial charge in [0.15, 0.2) is 5.16 Å². The minimum Gasteiger partial charge on any atom is -0.286 e. The van der Waals surface area contributed by atoms with Crippen molar-refractivity contribution >= 4 is 62.2 Å². The molecular weight excluding hydrogens is 499 g/mol. The number of aryl methyl sites for hydroxylation is 1. The van der Waals surface area contributed by atoms with Gasteiger partial charge in [-0.3, -0.25) is 18.6 Å². The molecule has 0 fully saturated rings. The van der Waals surface area contributed by atoms with E-state index < -0.39 is 0 Å². The summed E-state index contributed by atoms with van der Waals surface area (Å²) in [4.78, 5) is 34.9. The van der Waals surface area contributed by atoms with Gasteiger partial charge in [-0.1, -0.05) is 47.1 Å². The Bertz CT molecular complexity index is 1590. The van der Waals surface area contributed by atoms with E-state index in [2.05, 4.69) is 4.98 Å². The first kappa shape index (κ1) is 22.2. The van der Waals surface area contributed by atoms with Crippen LogP contribution >= 0.6 is 46.3 Å². The van der Waals surface area contributed by atoms with Gasteiger partial charge in [-0.25, -0.2) is 9.97 Å². The van der Waals surface area contributed by atoms with E-state index in [0.717, 1.165) is 5.56 Å². The molecule has 166 valence electrons. The Hall–Kier alpha value is -2.65. The van der Waals surface area contributed by atoms with Crippen LogP contribution < -0.4 is 11.1 Å². The quantitative estimate of drug-likeness (QED) is 0.227. The number of aromatic nitrogens is 4. The van der Waals surface area contributed by atoms with Crippen molar-refractivity contribution in [3.63, 3.8) is 0 Å². The van der Waals surface area contributed by atoms with Crippen LogP contribution in [0.3, 0.4) is 0 Å². The van der Waals surface area contributed by atoms with Gasteiger partial charge in [0.25, 0.3) is 11.1 Å². The van der Waals surface area contributed by atoms with Crippen LogP contribution in [0.25, 0.3) is 15.9 Å². The van der Waals surface area contributed by atoms with Gasteiger partial charge < -0.3 is 0 Å². The summed E-state index contributed by atoms with van der Waals surface area (Å²) in [6, 6.07) is 14.3. The third kappa shape index (κ3) is 4.70. The minimum absolute atomic E-state index is 0.0624. The standard InChI is InChI=1S/C23H16Cl2N4O2S2/c24-15-3-1-14(2-4-15)7-9-28-22(31)21-18(8-10-32-21)27-23(28)33-13-17-11-20(30)29-12-16(25)5-6-19(29)26-17/h1-6,8,10-12H,7,9,13H2. The SMILES string of the molecule is O=c1c2sccc2nc(SCc2cc(=O)n3cc(Cl)ccc3n2)n1CCc1ccc(Cl)cc1. The Morgan fingerprint density at radius 1 is 0.970 bits per heavy atom. The lowest BCUT2D eigenvalue weighted by atomic mass is 10.1. The maximum absolute atomic E-state index is 13.2. The molecule has 0 amide bonds. The molecule has 0 spiro atoms. The van der Waals surface area contributed by atoms with Gasteiger partial charge >= 0.3 is 0 Å². The summed E-state index contributed by atoms with van der Waals surface area (Å²) in [6.07, 6.45) is 2.21. The van der Waals surface area contributed by atoms with Gasteiger partial charge in [0.2, 0.25) is 0 Å². The number of rotatable bonds is 6. The monoisotopic (exact) mass is 514 g/mol. The zero-order chi connectivity index (χ0) is 22.9. The highest BCUT2D eigenvalue weighted by atomic mass is 35.5. The molecule has 5 aromatic rings. The van der Waals surface area contributed by atoms with Crippen molar-refractivity contribution in [2.75, 3.05) is 0 Å². The van der Waals surface area contributed by atoms with Crippen molar-refractivity contribution in [1.29, 1.82) is 0 Å². The van der Waals surface area contributed by atoms with Crippen molar-refractivity contribution < 1.29 is 0 Å². The number of nitrogens with zero attached hydrogens (tertiary/aromatic N) is 4. The summed E-state index contributed by atoms with van der Waals surface area (Å²) < 4.78 is 3.74. The normalized spacial score (nSPS) is 11.5. The van der Waals surface area contributed by atoms with Gasteiger partial charge in [-0.2, -0.15) is 0 Å². The number of fused-ring (bicyclic) bond motifs is 2. The summed E-state index contributed by atoms with van der Waals surface area (Å²) in [5, 5.41) is 3.60. The molecule has 0 N–H and O–H groups in total. The molecule has 0 atom stereocenters. The fourth-order valence-corrected chi connectivity index (χ4v) is 5.44. The molecule has 0 aliphatic rings. The topological polar surface area (TPSA) is 69.3 Å². The number of thioether (sulfide) groups is 1. The van der Waals surface area contributed by atoms with E-state index >= 15 is 0 Å². The highest BCUT2D eigenvalue weighted by Gasteiger charge is 2.14. The first-order valence-electron chi connectivity index (χ1n) is 10.0. The molecule has 4 heterocycles. The fraction of sp³-hybridized carbons (Fsp3) is 0.130. The third-order valence-corrected chi connectivity index (χ3v) is 7.47. The molecule has 33 heavy (non-hydrogen) atoms. The highest BCUT2D eigenvalue weighted by Crippen LogP contribution is 2.24. The van der Waals surface area contributed by atoms with Crippen molar-refractivity contribution in [3.8, 4) is 0 Å². The molecule has 5 rings (SSSR count). The van der Waals surface area contributed by atoms with E-state index in [0.29, 0.717) is 55.5 Å². The van der Waals surface area contributed by atoms with E-state index in [1.54, 1.807) is 22.9 Å². The first-order chi connectivity index (χ1) is 16.0. The van der Waals surface area contributed by atoms with Gasteiger partial charge in [-0.05, 0) is 47.7 Å². The smallest absolute Gasteiger partial charge is 0.272 e. The molecular formula is C23H16Cl2N4O2S2. The predicted molar refractivity (Wildman–Crippen MR) is 135 cm³/mol. The number of thiophene rings is 1. The lowest BCUT2D eigenvalue weighted by Gasteiger charge is -2.12. The number of hydrogen-bond donors (Lipinski definition) is 0. The third-order valence-electron chi connectivity index (χ3n) is 5.09. The van der Waals surface area contributed by atoms with Crippen LogP contribution in [0.15, 0.2) is 74.9 Å². The Kier molecular flexibility index (Phi) is 6.25. The largest absolute Gasteiger partial charge is 0.286 e. The van der Waals surface area contributed by atoms with Gasteiger partial charge in [0.05, 0.1) is 16.2 Å². The summed E-state index contributed by atoms with van der Waals surface area (Å²) in [7, 11) is 0. The lowest BCUT2D eigenvalue weighted by Crippen LogP contribution is -2.23. The van der Waals surface area contributed by atoms with Crippen molar-refractivity contribution in [2.24, 2.45) is 0 Å². The van der Waals surface area contributed by atoms with Crippen LogP contribution in [0.5, 0.6) is 0 Å². The number of benzene rings is 1. The first-order valence-corrected chi connectivity index (χ1v) is 12.6. The molecule has 0 aliphatic heterocycles. The summed E-state index contributed by atoms with van der Waals surface area (Å²) in [6.45, 7) is 0.482. The second kappa shape index (κ2) is 9.30. The number of pyridine rings is 1. The van der Waals surface area contributed by atoms with Gasteiger partial charge in [0, 0.05) is 29.6 Å². The Morgan fingerprint density at radius 3 is 2.58 bits per heavy atom. The van der Waals surface area contributed by atoms with E-state index in [1.807, 2.05) is 35.7 Å². The second-order valence-corrected chi connectivity index (χ2v) is 10.0. The molecule has 0 radical (unpaired) electrons. The lowest BCUT2D eigenvalue weighted by molar-refractivity contribution is 0.596. The molecule has 10 heteroatoms. The van der Waals surface area contributed by atoms with Gasteiger partial charge in [0.1, 0.15) is 10.3 Å². The molecule has 6 nitrogen and oxygen atoms in total. The van der Waals surface area contributed by atoms with E-state index in [4.69, 9.17) is 28.2 Å². The van der Waals surface area contributed by atoms with Crippen LogP contribution in [-0.4, -0.2) is 18.9 Å². The van der Waals surface area contributed by atoms with Crippen LogP contribution in [0.1, 0.15) is 11.3 Å². The van der Waals surface area contributed by atoms with Crippen molar-refractivity contribution in [1.82, 2.24) is 18.9 Å².